The number of aromatic nitrogens is 2. The summed E-state index contributed by atoms with van der Waals surface area (Å²) in [6.07, 6.45) is 1.63. The number of fused-ring (bicyclic) bond motifs is 1. The maximum Gasteiger partial charge on any atom is 0.347 e. The minimum atomic E-state index is -0.772. The van der Waals surface area contributed by atoms with Crippen LogP contribution in [0.3, 0.4) is 0 Å². The van der Waals surface area contributed by atoms with E-state index in [1.54, 1.807) is 38.3 Å². The van der Waals surface area contributed by atoms with E-state index in [-0.39, 0.29) is 18.1 Å². The van der Waals surface area contributed by atoms with Crippen LogP contribution in [0, 0.1) is 0 Å². The van der Waals surface area contributed by atoms with E-state index in [1.165, 1.54) is 4.68 Å². The fourth-order valence-electron chi connectivity index (χ4n) is 3.15. The third-order valence-electron chi connectivity index (χ3n) is 5.14. The Hall–Kier alpha value is -2.04. The number of carbonyl (C=O) groups is 1. The number of ether oxygens (including phenoxy) is 2. The van der Waals surface area contributed by atoms with E-state index >= 15 is 0 Å². The monoisotopic (exact) mass is 655 g/mol. The van der Waals surface area contributed by atoms with Crippen LogP contribution in [0.2, 0.25) is 0 Å². The third kappa shape index (κ3) is 5.95. The van der Waals surface area contributed by atoms with Crippen molar-refractivity contribution in [3.05, 3.63) is 65.5 Å². The van der Waals surface area contributed by atoms with Gasteiger partial charge in [0.15, 0.2) is 6.10 Å². The highest BCUT2D eigenvalue weighted by molar-refractivity contribution is 9.11. The van der Waals surface area contributed by atoms with Gasteiger partial charge in [-0.3, -0.25) is 4.79 Å². The van der Waals surface area contributed by atoms with Crippen LogP contribution in [0.5, 0.6) is 5.75 Å². The topological polar surface area (TPSA) is 82.8 Å². The molecular weight excluding hydrogens is 634 g/mol. The van der Waals surface area contributed by atoms with Gasteiger partial charge in [0, 0.05) is 10.4 Å². The molecule has 0 aliphatic rings. The molecule has 0 bridgehead atoms. The molecule has 1 aromatic heterocycles. The lowest BCUT2D eigenvalue weighted by atomic mass is 10.1. The number of halogens is 3. The molecule has 3 rings (SSSR count). The second-order valence-corrected chi connectivity index (χ2v) is 10.3. The quantitative estimate of drug-likeness (QED) is 0.207. The zero-order valence-corrected chi connectivity index (χ0v) is 23.9. The standard InChI is InChI=1S/C24H24Br3N3O4/c1-5-13(3)22-29-20-8-7-16(25)11-17(20)23(31)30(22)28-12-15-9-18(26)21(19(27)10-15)34-14(4)24(32)33-6-2/h7-14H,5-6H2,1-4H3/t13-,14-/m0/s1. The lowest BCUT2D eigenvalue weighted by molar-refractivity contribution is -0.150. The van der Waals surface area contributed by atoms with Gasteiger partial charge in [-0.15, -0.1) is 0 Å². The average molecular weight is 658 g/mol. The van der Waals surface area contributed by atoms with Crippen molar-refractivity contribution in [1.82, 2.24) is 9.66 Å². The number of benzene rings is 2. The minimum Gasteiger partial charge on any atom is -0.477 e. The van der Waals surface area contributed by atoms with Gasteiger partial charge in [0.25, 0.3) is 5.56 Å². The summed E-state index contributed by atoms with van der Waals surface area (Å²) in [7, 11) is 0. The second kappa shape index (κ2) is 11.6. The molecule has 0 aliphatic heterocycles. The van der Waals surface area contributed by atoms with Crippen LogP contribution in [0.4, 0.5) is 0 Å². The molecule has 0 fully saturated rings. The Morgan fingerprint density at radius 1 is 1.15 bits per heavy atom. The first-order valence-corrected chi connectivity index (χ1v) is 13.1. The SMILES string of the molecule is CCOC(=O)[C@H](C)Oc1c(Br)cc(C=Nn2c([C@@H](C)CC)nc3ccc(Br)cc3c2=O)cc1Br. The molecule has 0 unspecified atom stereocenters. The van der Waals surface area contributed by atoms with Gasteiger partial charge in [0.1, 0.15) is 11.6 Å². The van der Waals surface area contributed by atoms with E-state index in [1.807, 2.05) is 26.0 Å². The average Bonchev–Trinajstić information content (AvgIpc) is 2.80. The highest BCUT2D eigenvalue weighted by Gasteiger charge is 2.20. The van der Waals surface area contributed by atoms with E-state index in [4.69, 9.17) is 14.5 Å². The van der Waals surface area contributed by atoms with Crippen LogP contribution in [0.1, 0.15) is 51.4 Å². The highest BCUT2D eigenvalue weighted by atomic mass is 79.9. The Kier molecular flexibility index (Phi) is 9.06. The molecule has 7 nitrogen and oxygen atoms in total. The molecule has 3 aromatic rings. The van der Waals surface area contributed by atoms with Crippen molar-refractivity contribution >= 4 is 70.9 Å². The Morgan fingerprint density at radius 3 is 2.44 bits per heavy atom. The predicted octanol–water partition coefficient (Wildman–Crippen LogP) is 6.41. The molecule has 34 heavy (non-hydrogen) atoms. The summed E-state index contributed by atoms with van der Waals surface area (Å²) in [5.74, 6) is 0.656. The molecule has 2 aromatic carbocycles. The molecule has 0 radical (unpaired) electrons. The molecule has 0 spiro atoms. The third-order valence-corrected chi connectivity index (χ3v) is 6.81. The summed E-state index contributed by atoms with van der Waals surface area (Å²) >= 11 is 10.4. The number of nitrogens with zero attached hydrogens (tertiary/aromatic N) is 3. The van der Waals surface area contributed by atoms with Gasteiger partial charge in [-0.2, -0.15) is 9.78 Å². The van der Waals surface area contributed by atoms with Gasteiger partial charge in [-0.05, 0) is 88.0 Å². The van der Waals surface area contributed by atoms with Gasteiger partial charge in [-0.1, -0.05) is 29.8 Å². The van der Waals surface area contributed by atoms with Crippen molar-refractivity contribution in [2.75, 3.05) is 6.61 Å². The first-order chi connectivity index (χ1) is 16.2. The summed E-state index contributed by atoms with van der Waals surface area (Å²) in [6, 6.07) is 9.03. The van der Waals surface area contributed by atoms with Crippen LogP contribution >= 0.6 is 47.8 Å². The zero-order valence-electron chi connectivity index (χ0n) is 19.1. The minimum absolute atomic E-state index is 0.0384. The molecule has 0 saturated heterocycles. The predicted molar refractivity (Wildman–Crippen MR) is 144 cm³/mol. The Balaban J connectivity index is 2.00. The number of esters is 1. The smallest absolute Gasteiger partial charge is 0.347 e. The second-order valence-electron chi connectivity index (χ2n) is 7.63. The lowest BCUT2D eigenvalue weighted by Gasteiger charge is -2.16. The summed E-state index contributed by atoms with van der Waals surface area (Å²) in [5, 5.41) is 4.98. The van der Waals surface area contributed by atoms with Crippen molar-refractivity contribution in [1.29, 1.82) is 0 Å². The van der Waals surface area contributed by atoms with E-state index in [9.17, 15) is 9.59 Å². The van der Waals surface area contributed by atoms with E-state index in [0.717, 1.165) is 10.9 Å². The van der Waals surface area contributed by atoms with Gasteiger partial charge in [0.05, 0.1) is 32.7 Å². The van der Waals surface area contributed by atoms with Crippen LogP contribution in [-0.2, 0) is 9.53 Å². The Labute approximate surface area is 222 Å². The van der Waals surface area contributed by atoms with E-state index in [0.29, 0.717) is 37.0 Å². The molecule has 0 saturated carbocycles. The molecule has 0 N–H and O–H groups in total. The fraction of sp³-hybridized carbons (Fsp3) is 0.333. The molecule has 2 atom stereocenters. The Bertz CT molecular complexity index is 1280. The van der Waals surface area contributed by atoms with Crippen molar-refractivity contribution in [2.45, 2.75) is 46.1 Å². The van der Waals surface area contributed by atoms with E-state index in [2.05, 4.69) is 52.9 Å². The number of hydrogen-bond acceptors (Lipinski definition) is 6. The lowest BCUT2D eigenvalue weighted by Crippen LogP contribution is -2.26. The molecule has 10 heteroatoms. The maximum atomic E-state index is 13.3. The maximum absolute atomic E-state index is 13.3. The van der Waals surface area contributed by atoms with Crippen molar-refractivity contribution in [3.63, 3.8) is 0 Å². The van der Waals surface area contributed by atoms with Crippen molar-refractivity contribution in [2.24, 2.45) is 5.10 Å². The summed E-state index contributed by atoms with van der Waals surface area (Å²) in [4.78, 5) is 29.9. The Morgan fingerprint density at radius 2 is 1.82 bits per heavy atom. The molecule has 180 valence electrons. The van der Waals surface area contributed by atoms with Gasteiger partial charge >= 0.3 is 5.97 Å². The van der Waals surface area contributed by atoms with Gasteiger partial charge < -0.3 is 9.47 Å². The van der Waals surface area contributed by atoms with Crippen molar-refractivity contribution < 1.29 is 14.3 Å². The number of hydrogen-bond donors (Lipinski definition) is 0. The largest absolute Gasteiger partial charge is 0.477 e. The van der Waals surface area contributed by atoms with Gasteiger partial charge in [-0.25, -0.2) is 9.78 Å². The van der Waals surface area contributed by atoms with E-state index < -0.39 is 12.1 Å². The molecule has 1 heterocycles. The normalized spacial score (nSPS) is 13.3. The fourth-order valence-corrected chi connectivity index (χ4v) is 4.92. The van der Waals surface area contributed by atoms with Crippen molar-refractivity contribution in [3.8, 4) is 5.75 Å². The molecule has 0 amide bonds. The summed E-state index contributed by atoms with van der Waals surface area (Å²) < 4.78 is 14.2. The number of rotatable bonds is 8. The van der Waals surface area contributed by atoms with Crippen LogP contribution in [0.25, 0.3) is 10.9 Å². The molecular formula is C24H24Br3N3O4. The zero-order chi connectivity index (χ0) is 25.0. The van der Waals surface area contributed by atoms with Crippen LogP contribution in [0.15, 0.2) is 53.6 Å². The first-order valence-electron chi connectivity index (χ1n) is 10.7. The summed E-state index contributed by atoms with van der Waals surface area (Å²) in [5.41, 5.74) is 1.11. The highest BCUT2D eigenvalue weighted by Crippen LogP contribution is 2.35. The number of carbonyl (C=O) groups excluding carboxylic acids is 1. The van der Waals surface area contributed by atoms with Crippen LogP contribution in [-0.4, -0.2) is 34.6 Å². The van der Waals surface area contributed by atoms with Gasteiger partial charge in [0.2, 0.25) is 0 Å². The molecule has 0 aliphatic carbocycles. The summed E-state index contributed by atoms with van der Waals surface area (Å²) in [6.45, 7) is 7.71. The first kappa shape index (κ1) is 26.6. The van der Waals surface area contributed by atoms with Crippen LogP contribution < -0.4 is 10.3 Å².